The lowest BCUT2D eigenvalue weighted by atomic mass is 9.96. The molecule has 0 aliphatic carbocycles. The fourth-order valence-corrected chi connectivity index (χ4v) is 5.78. The predicted molar refractivity (Wildman–Crippen MR) is 264 cm³/mol. The van der Waals surface area contributed by atoms with Crippen molar-refractivity contribution in [2.24, 2.45) is 0 Å². The lowest BCUT2D eigenvalue weighted by Gasteiger charge is -2.09. The Bertz CT molecular complexity index is 1460. The summed E-state index contributed by atoms with van der Waals surface area (Å²) < 4.78 is 0. The Morgan fingerprint density at radius 2 is 0.567 bits per heavy atom. The summed E-state index contributed by atoms with van der Waals surface area (Å²) in [7, 11) is 0. The van der Waals surface area contributed by atoms with E-state index < -0.39 is 0 Å². The molecule has 0 aliphatic rings. The largest absolute Gasteiger partial charge is 0.264 e. The second kappa shape index (κ2) is 27.6. The predicted octanol–water partition coefficient (Wildman–Crippen LogP) is 17.2. The average Bonchev–Trinajstić information content (AvgIpc) is 3.21. The molecule has 0 spiro atoms. The summed E-state index contributed by atoms with van der Waals surface area (Å²) in [6.07, 6.45) is 7.72. The molecule has 4 nitrogen and oxygen atoms in total. The first-order valence-corrected chi connectivity index (χ1v) is 23.0. The van der Waals surface area contributed by atoms with E-state index in [0.29, 0.717) is 59.2 Å². The molecule has 0 unspecified atom stereocenters. The maximum atomic E-state index is 4.57. The van der Waals surface area contributed by atoms with Crippen LogP contribution in [0.3, 0.4) is 0 Å². The first kappa shape index (κ1) is 53.8. The van der Waals surface area contributed by atoms with Crippen molar-refractivity contribution in [1.82, 2.24) is 19.9 Å². The van der Waals surface area contributed by atoms with Gasteiger partial charge in [-0.15, -0.1) is 0 Å². The minimum atomic E-state index is 0.531. The van der Waals surface area contributed by atoms with Gasteiger partial charge in [0.1, 0.15) is 0 Å². The van der Waals surface area contributed by atoms with Gasteiger partial charge in [0.25, 0.3) is 0 Å². The zero-order valence-corrected chi connectivity index (χ0v) is 41.8. The second-order valence-electron chi connectivity index (χ2n) is 19.3. The van der Waals surface area contributed by atoms with E-state index >= 15 is 0 Å². The van der Waals surface area contributed by atoms with E-state index in [4.69, 9.17) is 0 Å². The molecule has 5 aromatic rings. The van der Waals surface area contributed by atoms with Gasteiger partial charge in [-0.1, -0.05) is 175 Å². The van der Waals surface area contributed by atoms with E-state index in [1.165, 1.54) is 56.2 Å². The van der Waals surface area contributed by atoms with Crippen molar-refractivity contribution in [3.8, 4) is 0 Å². The number of hydrogen-bond acceptors (Lipinski definition) is 4. The molecule has 5 rings (SSSR count). The van der Waals surface area contributed by atoms with Gasteiger partial charge in [-0.3, -0.25) is 19.9 Å². The average molecular weight is 815 g/mol. The number of nitrogens with zero attached hydrogens (tertiary/aromatic N) is 4. The Morgan fingerprint density at radius 3 is 0.867 bits per heavy atom. The monoisotopic (exact) mass is 815 g/mol. The van der Waals surface area contributed by atoms with Gasteiger partial charge in [-0.2, -0.15) is 0 Å². The van der Waals surface area contributed by atoms with Crippen LogP contribution in [0.1, 0.15) is 254 Å². The number of hydrogen-bond donors (Lipinski definition) is 0. The summed E-state index contributed by atoms with van der Waals surface area (Å²) in [6.45, 7) is 43.9. The summed E-state index contributed by atoms with van der Waals surface area (Å²) >= 11 is 0. The van der Waals surface area contributed by atoms with Crippen LogP contribution < -0.4 is 0 Å². The highest BCUT2D eigenvalue weighted by Crippen LogP contribution is 2.22. The topological polar surface area (TPSA) is 51.6 Å². The molecule has 0 N–H and O–H groups in total. The van der Waals surface area contributed by atoms with Crippen LogP contribution in [0.2, 0.25) is 0 Å². The molecule has 0 radical (unpaired) electrons. The van der Waals surface area contributed by atoms with Crippen molar-refractivity contribution in [1.29, 1.82) is 0 Å². The molecule has 0 amide bonds. The Balaban J connectivity index is 0.000000375. The minimum Gasteiger partial charge on any atom is -0.264 e. The second-order valence-corrected chi connectivity index (χ2v) is 19.3. The molecule has 0 bridgehead atoms. The number of aromatic nitrogens is 4. The summed E-state index contributed by atoms with van der Waals surface area (Å²) in [5, 5.41) is 0. The molecule has 0 aliphatic heterocycles. The molecule has 330 valence electrons. The summed E-state index contributed by atoms with van der Waals surface area (Å²) in [6, 6.07) is 26.0. The van der Waals surface area contributed by atoms with E-state index in [9.17, 15) is 0 Å². The van der Waals surface area contributed by atoms with Gasteiger partial charge < -0.3 is 0 Å². The highest BCUT2D eigenvalue weighted by molar-refractivity contribution is 5.28. The summed E-state index contributed by atoms with van der Waals surface area (Å²) in [4.78, 5) is 17.4. The third-order valence-electron chi connectivity index (χ3n) is 10.5. The van der Waals surface area contributed by atoms with Gasteiger partial charge in [0, 0.05) is 47.6 Å². The van der Waals surface area contributed by atoms with E-state index in [0.717, 1.165) is 0 Å². The van der Waals surface area contributed by atoms with Crippen LogP contribution in [-0.2, 0) is 0 Å². The van der Waals surface area contributed by atoms with Crippen molar-refractivity contribution in [3.05, 3.63) is 154 Å². The molecule has 4 heterocycles. The van der Waals surface area contributed by atoms with Crippen molar-refractivity contribution in [2.45, 2.75) is 198 Å². The smallest absolute Gasteiger partial charge is 0.0432 e. The Labute approximate surface area is 370 Å². The third kappa shape index (κ3) is 20.4. The maximum absolute atomic E-state index is 4.57. The van der Waals surface area contributed by atoms with Crippen molar-refractivity contribution in [3.63, 3.8) is 0 Å². The zero-order valence-electron chi connectivity index (χ0n) is 41.8. The van der Waals surface area contributed by atoms with E-state index in [-0.39, 0.29) is 0 Å². The Hall–Kier alpha value is -4.18. The van der Waals surface area contributed by atoms with Crippen molar-refractivity contribution >= 4 is 0 Å². The SMILES string of the molecule is CC(C)c1cccc(C(C)C)c1.CC(C)c1cccc(C(C)C)n1.CC(C)c1ccnc(C(C)C)c1.CC(C)c1ccnc(C(C)C)c1.CC(C)c1cncc(C(C)C)c1. The number of benzene rings is 1. The molecule has 0 saturated heterocycles. The van der Waals surface area contributed by atoms with Crippen LogP contribution in [0.5, 0.6) is 0 Å². The summed E-state index contributed by atoms with van der Waals surface area (Å²) in [5.74, 6) is 5.77. The standard InChI is InChI=1S/C12H18.4C11H17N/c1-9(2)11-6-5-7-12(8-11)10(3)4;1-8(2)10-5-11(9(3)4)7-12-6-10;2*1-8(2)10-5-6-12-11(7-10)9(3)4;1-8(2)10-6-5-7-11(12-10)9(3)4/h5-10H,1-4H3;4*5-9H,1-4H3. The fraction of sp³-hybridized carbons (Fsp3) is 0.536. The lowest BCUT2D eigenvalue weighted by Crippen LogP contribution is -1.98. The number of rotatable bonds is 10. The fourth-order valence-electron chi connectivity index (χ4n) is 5.78. The zero-order chi connectivity index (χ0) is 45.7. The molecule has 4 aromatic heterocycles. The minimum absolute atomic E-state index is 0.531. The molecule has 0 fully saturated rings. The molecular formula is C56H86N4. The molecule has 0 saturated carbocycles. The quantitative estimate of drug-likeness (QED) is 0.141. The molecular weight excluding hydrogens is 729 g/mol. The van der Waals surface area contributed by atoms with Gasteiger partial charge in [-0.25, -0.2) is 0 Å². The highest BCUT2D eigenvalue weighted by atomic mass is 14.7. The Morgan fingerprint density at radius 1 is 0.283 bits per heavy atom. The Kier molecular flexibility index (Phi) is 24.8. The first-order valence-electron chi connectivity index (χ1n) is 23.0. The van der Waals surface area contributed by atoms with E-state index in [1.807, 2.05) is 24.8 Å². The van der Waals surface area contributed by atoms with Gasteiger partial charge in [0.05, 0.1) is 0 Å². The normalized spacial score (nSPS) is 11.2. The van der Waals surface area contributed by atoms with Crippen LogP contribution in [0.15, 0.2) is 97.6 Å². The number of pyridine rings is 4. The first-order chi connectivity index (χ1) is 28.0. The molecule has 1 aromatic carbocycles. The van der Waals surface area contributed by atoms with Crippen LogP contribution in [-0.4, -0.2) is 19.9 Å². The van der Waals surface area contributed by atoms with Crippen LogP contribution in [0.25, 0.3) is 0 Å². The van der Waals surface area contributed by atoms with Crippen molar-refractivity contribution in [2.75, 3.05) is 0 Å². The van der Waals surface area contributed by atoms with E-state index in [2.05, 4.69) is 231 Å². The third-order valence-corrected chi connectivity index (χ3v) is 10.5. The lowest BCUT2D eigenvalue weighted by molar-refractivity contribution is 0.765. The van der Waals surface area contributed by atoms with Crippen molar-refractivity contribution < 1.29 is 0 Å². The van der Waals surface area contributed by atoms with Crippen LogP contribution in [0.4, 0.5) is 0 Å². The van der Waals surface area contributed by atoms with Gasteiger partial charge in [-0.05, 0) is 129 Å². The van der Waals surface area contributed by atoms with Crippen LogP contribution >= 0.6 is 0 Å². The molecule has 0 atom stereocenters. The maximum Gasteiger partial charge on any atom is 0.0432 e. The summed E-state index contributed by atoms with van der Waals surface area (Å²) in [5.41, 5.74) is 13.1. The van der Waals surface area contributed by atoms with Crippen LogP contribution in [0, 0.1) is 0 Å². The van der Waals surface area contributed by atoms with E-state index in [1.54, 1.807) is 0 Å². The van der Waals surface area contributed by atoms with Gasteiger partial charge in [0.2, 0.25) is 0 Å². The van der Waals surface area contributed by atoms with Gasteiger partial charge in [0.15, 0.2) is 0 Å². The highest BCUT2D eigenvalue weighted by Gasteiger charge is 2.07. The van der Waals surface area contributed by atoms with Gasteiger partial charge >= 0.3 is 0 Å². The molecule has 60 heavy (non-hydrogen) atoms. The molecule has 4 heteroatoms.